The molecule has 10 heteroatoms. The van der Waals surface area contributed by atoms with Gasteiger partial charge in [0, 0.05) is 6.42 Å². The molecule has 0 saturated carbocycles. The minimum Gasteiger partial charge on any atom is -0.480 e. The van der Waals surface area contributed by atoms with Gasteiger partial charge in [-0.3, -0.25) is 19.2 Å². The Balaban J connectivity index is 3.04. The van der Waals surface area contributed by atoms with Gasteiger partial charge < -0.3 is 26.2 Å². The lowest BCUT2D eigenvalue weighted by Crippen LogP contribution is -2.52. The lowest BCUT2D eigenvalue weighted by molar-refractivity contribution is -0.156. The predicted molar refractivity (Wildman–Crippen MR) is 156 cm³/mol. The molecule has 0 aliphatic carbocycles. The first-order chi connectivity index (χ1) is 19.4. The number of hydrogen-bond acceptors (Lipinski definition) is 6. The Kier molecular flexibility index (Phi) is 16.8. The minimum atomic E-state index is -1.23. The van der Waals surface area contributed by atoms with Gasteiger partial charge in [0.2, 0.25) is 11.8 Å². The Morgan fingerprint density at radius 3 is 2.24 bits per heavy atom. The smallest absolute Gasteiger partial charge is 0.325 e. The summed E-state index contributed by atoms with van der Waals surface area (Å²) in [5, 5.41) is 14.2. The Morgan fingerprint density at radius 1 is 0.976 bits per heavy atom. The van der Waals surface area contributed by atoms with Crippen LogP contribution in [0.1, 0.15) is 98.0 Å². The highest BCUT2D eigenvalue weighted by atomic mass is 19.1. The van der Waals surface area contributed by atoms with E-state index in [9.17, 15) is 28.7 Å². The van der Waals surface area contributed by atoms with Crippen molar-refractivity contribution in [1.29, 1.82) is 0 Å². The molecule has 0 spiro atoms. The molecule has 0 unspecified atom stereocenters. The first-order valence-electron chi connectivity index (χ1n) is 14.9. The number of carbonyl (C=O) groups is 4. The zero-order chi connectivity index (χ0) is 30.9. The quantitative estimate of drug-likeness (QED) is 0.131. The SMILES string of the molecule is CCCCCCCC[C@H](C)[C@H](CC(=O)N[C@@H](Cc1cccc(F)c1)C(=O)N[C@@H](C)C(=O)O)OC(=O)[C@H](N)[C@@H](C)CC. The average molecular weight is 580 g/mol. The van der Waals surface area contributed by atoms with Crippen molar-refractivity contribution in [2.75, 3.05) is 0 Å². The fourth-order valence-corrected chi connectivity index (χ4v) is 4.43. The van der Waals surface area contributed by atoms with Crippen LogP contribution in [0.3, 0.4) is 0 Å². The minimum absolute atomic E-state index is 0.0572. The van der Waals surface area contributed by atoms with Crippen molar-refractivity contribution in [3.8, 4) is 0 Å². The normalized spacial score (nSPS) is 15.6. The van der Waals surface area contributed by atoms with Crippen molar-refractivity contribution in [2.45, 2.75) is 123 Å². The molecule has 0 aliphatic rings. The number of amides is 2. The molecule has 1 aromatic carbocycles. The largest absolute Gasteiger partial charge is 0.480 e. The lowest BCUT2D eigenvalue weighted by atomic mass is 9.93. The lowest BCUT2D eigenvalue weighted by Gasteiger charge is -2.27. The molecule has 0 aliphatic heterocycles. The number of carboxylic acids is 1. The first kappa shape index (κ1) is 36.0. The number of aliphatic carboxylic acids is 1. The van der Waals surface area contributed by atoms with Crippen LogP contribution < -0.4 is 16.4 Å². The van der Waals surface area contributed by atoms with Crippen LogP contribution in [0, 0.1) is 17.7 Å². The van der Waals surface area contributed by atoms with E-state index >= 15 is 0 Å². The summed E-state index contributed by atoms with van der Waals surface area (Å²) >= 11 is 0. The molecule has 6 atom stereocenters. The third-order valence-corrected chi connectivity index (χ3v) is 7.54. The van der Waals surface area contributed by atoms with Crippen LogP contribution in [0.4, 0.5) is 4.39 Å². The second-order valence-electron chi connectivity index (χ2n) is 11.1. The molecule has 2 amide bonds. The van der Waals surface area contributed by atoms with Crippen molar-refractivity contribution >= 4 is 23.8 Å². The van der Waals surface area contributed by atoms with Crippen molar-refractivity contribution in [3.63, 3.8) is 0 Å². The topological polar surface area (TPSA) is 148 Å². The summed E-state index contributed by atoms with van der Waals surface area (Å²) in [6.45, 7) is 9.19. The molecule has 0 radical (unpaired) electrons. The van der Waals surface area contributed by atoms with Crippen molar-refractivity contribution in [3.05, 3.63) is 35.6 Å². The van der Waals surface area contributed by atoms with Crippen LogP contribution in [0.5, 0.6) is 0 Å². The Labute approximate surface area is 244 Å². The number of unbranched alkanes of at least 4 members (excludes halogenated alkanes) is 5. The van der Waals surface area contributed by atoms with Crippen LogP contribution in [-0.2, 0) is 30.3 Å². The van der Waals surface area contributed by atoms with Gasteiger partial charge in [0.05, 0.1) is 6.42 Å². The number of halogens is 1. The molecule has 1 rings (SSSR count). The average Bonchev–Trinajstić information content (AvgIpc) is 2.92. The molecular weight excluding hydrogens is 529 g/mol. The summed E-state index contributed by atoms with van der Waals surface area (Å²) in [5.41, 5.74) is 6.55. The summed E-state index contributed by atoms with van der Waals surface area (Å²) in [4.78, 5) is 50.3. The van der Waals surface area contributed by atoms with Gasteiger partial charge in [-0.25, -0.2) is 4.39 Å². The van der Waals surface area contributed by atoms with Gasteiger partial charge in [-0.1, -0.05) is 84.8 Å². The highest BCUT2D eigenvalue weighted by molar-refractivity contribution is 5.90. The van der Waals surface area contributed by atoms with Gasteiger partial charge in [-0.05, 0) is 42.9 Å². The van der Waals surface area contributed by atoms with E-state index in [4.69, 9.17) is 10.5 Å². The molecule has 0 saturated heterocycles. The monoisotopic (exact) mass is 579 g/mol. The molecule has 0 bridgehead atoms. The van der Waals surface area contributed by atoms with Crippen molar-refractivity contribution < 1.29 is 33.4 Å². The van der Waals surface area contributed by atoms with E-state index in [-0.39, 0.29) is 24.7 Å². The highest BCUT2D eigenvalue weighted by Crippen LogP contribution is 2.21. The number of carbonyl (C=O) groups excluding carboxylic acids is 3. The third-order valence-electron chi connectivity index (χ3n) is 7.54. The summed E-state index contributed by atoms with van der Waals surface area (Å²) in [7, 11) is 0. The van der Waals surface area contributed by atoms with Crippen LogP contribution in [-0.4, -0.2) is 53.1 Å². The number of benzene rings is 1. The molecule has 9 nitrogen and oxygen atoms in total. The van der Waals surface area contributed by atoms with Crippen LogP contribution >= 0.6 is 0 Å². The van der Waals surface area contributed by atoms with E-state index in [0.29, 0.717) is 12.0 Å². The summed E-state index contributed by atoms with van der Waals surface area (Å²) < 4.78 is 19.6. The van der Waals surface area contributed by atoms with Gasteiger partial charge in [-0.15, -0.1) is 0 Å². The maximum Gasteiger partial charge on any atom is 0.325 e. The van der Waals surface area contributed by atoms with E-state index in [1.807, 2.05) is 20.8 Å². The Morgan fingerprint density at radius 2 is 1.63 bits per heavy atom. The number of carboxylic acid groups (broad SMARTS) is 1. The summed E-state index contributed by atoms with van der Waals surface area (Å²) in [6.07, 6.45) is 7.04. The van der Waals surface area contributed by atoms with Gasteiger partial charge in [-0.2, -0.15) is 0 Å². The fourth-order valence-electron chi connectivity index (χ4n) is 4.43. The molecule has 41 heavy (non-hydrogen) atoms. The predicted octanol–water partition coefficient (Wildman–Crippen LogP) is 4.50. The number of nitrogens with two attached hydrogens (primary N) is 1. The molecule has 0 aromatic heterocycles. The van der Waals surface area contributed by atoms with Gasteiger partial charge in [0.1, 0.15) is 30.0 Å². The van der Waals surface area contributed by atoms with Gasteiger partial charge in [0.15, 0.2) is 0 Å². The molecule has 0 fully saturated rings. The summed E-state index contributed by atoms with van der Waals surface area (Å²) in [5.74, 6) is -3.80. The Bertz CT molecular complexity index is 975. The highest BCUT2D eigenvalue weighted by Gasteiger charge is 2.31. The van der Waals surface area contributed by atoms with E-state index in [0.717, 1.165) is 32.1 Å². The van der Waals surface area contributed by atoms with Crippen molar-refractivity contribution in [2.24, 2.45) is 17.6 Å². The standard InChI is InChI=1S/C31H50FN3O6/c1-6-8-9-10-11-12-14-21(4)26(41-31(40)28(33)20(3)7-2)19-27(36)35-25(29(37)34-22(5)30(38)39)18-23-15-13-16-24(32)17-23/h13,15-17,20-22,25-26,28H,6-12,14,18-19,33H2,1-5H3,(H,34,37)(H,35,36)(H,38,39)/t20-,21-,22-,25-,26-,28+/m0/s1. The van der Waals surface area contributed by atoms with E-state index in [1.54, 1.807) is 6.07 Å². The Hall–Kier alpha value is -3.01. The zero-order valence-electron chi connectivity index (χ0n) is 25.3. The van der Waals surface area contributed by atoms with Crippen LogP contribution in [0.2, 0.25) is 0 Å². The third kappa shape index (κ3) is 13.9. The van der Waals surface area contributed by atoms with E-state index in [2.05, 4.69) is 17.6 Å². The molecule has 5 N–H and O–H groups in total. The van der Waals surface area contributed by atoms with Crippen LogP contribution in [0.15, 0.2) is 24.3 Å². The molecule has 232 valence electrons. The number of ether oxygens (including phenoxy) is 1. The number of nitrogens with one attached hydrogen (secondary N) is 2. The summed E-state index contributed by atoms with van der Waals surface area (Å²) in [6, 6.07) is 2.42. The van der Waals surface area contributed by atoms with E-state index < -0.39 is 53.8 Å². The number of esters is 1. The number of hydrogen-bond donors (Lipinski definition) is 4. The molecule has 1 aromatic rings. The van der Waals surface area contributed by atoms with Gasteiger partial charge in [0.25, 0.3) is 0 Å². The molecular formula is C31H50FN3O6. The second-order valence-corrected chi connectivity index (χ2v) is 11.1. The molecule has 0 heterocycles. The van der Waals surface area contributed by atoms with Gasteiger partial charge >= 0.3 is 11.9 Å². The zero-order valence-corrected chi connectivity index (χ0v) is 25.3. The number of rotatable bonds is 20. The van der Waals surface area contributed by atoms with E-state index in [1.165, 1.54) is 38.0 Å². The maximum absolute atomic E-state index is 13.8. The fraction of sp³-hybridized carbons (Fsp3) is 0.677. The second kappa shape index (κ2) is 19.2. The van der Waals surface area contributed by atoms with Crippen molar-refractivity contribution in [1.82, 2.24) is 10.6 Å². The van der Waals surface area contributed by atoms with Crippen LogP contribution in [0.25, 0.3) is 0 Å². The first-order valence-corrected chi connectivity index (χ1v) is 14.9. The maximum atomic E-state index is 13.8.